The van der Waals surface area contributed by atoms with Crippen LogP contribution in [0.1, 0.15) is 22.3 Å². The molecule has 0 N–H and O–H groups in total. The first-order valence-corrected chi connectivity index (χ1v) is 23.4. The second-order valence-corrected chi connectivity index (χ2v) is 20.7. The number of hydrogen-bond donors (Lipinski definition) is 0. The van der Waals surface area contributed by atoms with Gasteiger partial charge in [0.1, 0.15) is 0 Å². The average Bonchev–Trinajstić information content (AvgIpc) is 3.92. The molecule has 282 valence electrons. The van der Waals surface area contributed by atoms with Crippen LogP contribution in [0.25, 0.3) is 55.3 Å². The Bertz CT molecular complexity index is 3360. The SMILES string of the molecule is c1ccc2c(c1)-c1ccccc1C21c2ccccc2N(c2ccc(-c3ccc4c(c3)[Si]3(c5ccccc5-c5ccccc53)c3ccccc3-4)c3ccccc23)c2ccccc21. The molecule has 61 heavy (non-hydrogen) atoms. The van der Waals surface area contributed by atoms with Gasteiger partial charge in [-0.1, -0.05) is 206 Å². The van der Waals surface area contributed by atoms with E-state index in [1.807, 2.05) is 0 Å². The van der Waals surface area contributed by atoms with Gasteiger partial charge in [-0.2, -0.15) is 0 Å². The molecule has 3 aliphatic heterocycles. The second-order valence-electron chi connectivity index (χ2n) is 17.0. The largest absolute Gasteiger partial charge is 0.309 e. The van der Waals surface area contributed by atoms with Gasteiger partial charge in [0, 0.05) is 5.39 Å². The van der Waals surface area contributed by atoms with Crippen LogP contribution in [0.15, 0.2) is 224 Å². The topological polar surface area (TPSA) is 3.24 Å². The molecular weight excluding hydrogens is 751 g/mol. The lowest BCUT2D eigenvalue weighted by atomic mass is 9.64. The smallest absolute Gasteiger partial charge is 0.182 e. The lowest BCUT2D eigenvalue weighted by Gasteiger charge is -2.45. The van der Waals surface area contributed by atoms with Crippen LogP contribution in [0, 0.1) is 0 Å². The summed E-state index contributed by atoms with van der Waals surface area (Å²) in [4.78, 5) is 2.54. The van der Waals surface area contributed by atoms with Crippen LogP contribution in [-0.4, -0.2) is 8.07 Å². The molecule has 0 radical (unpaired) electrons. The number of hydrogen-bond acceptors (Lipinski definition) is 1. The van der Waals surface area contributed by atoms with Crippen LogP contribution in [0.3, 0.4) is 0 Å². The molecule has 0 aromatic heterocycles. The van der Waals surface area contributed by atoms with E-state index in [1.165, 1.54) is 115 Å². The average molecular weight is 788 g/mol. The Morgan fingerprint density at radius 1 is 0.279 bits per heavy atom. The minimum absolute atomic E-state index is 0.439. The van der Waals surface area contributed by atoms with Crippen molar-refractivity contribution in [3.05, 3.63) is 247 Å². The van der Waals surface area contributed by atoms with Gasteiger partial charge < -0.3 is 4.90 Å². The summed E-state index contributed by atoms with van der Waals surface area (Å²) in [6.07, 6.45) is 0. The van der Waals surface area contributed by atoms with E-state index < -0.39 is 13.5 Å². The number of anilines is 3. The van der Waals surface area contributed by atoms with Gasteiger partial charge in [-0.15, -0.1) is 0 Å². The summed E-state index contributed by atoms with van der Waals surface area (Å²) < 4.78 is 0. The fourth-order valence-corrected chi connectivity index (χ4v) is 18.0. The molecule has 0 saturated heterocycles. The second kappa shape index (κ2) is 12.0. The number of para-hydroxylation sites is 2. The minimum Gasteiger partial charge on any atom is -0.309 e. The first-order valence-electron chi connectivity index (χ1n) is 21.4. The van der Waals surface area contributed by atoms with E-state index >= 15 is 0 Å². The molecule has 1 aliphatic carbocycles. The molecule has 0 bridgehead atoms. The number of benzene rings is 10. The van der Waals surface area contributed by atoms with Crippen molar-refractivity contribution in [1.82, 2.24) is 0 Å². The number of nitrogens with zero attached hydrogens (tertiary/aromatic N) is 1. The van der Waals surface area contributed by atoms with E-state index in [4.69, 9.17) is 0 Å². The van der Waals surface area contributed by atoms with Crippen LogP contribution in [0.2, 0.25) is 0 Å². The Morgan fingerprint density at radius 2 is 0.689 bits per heavy atom. The monoisotopic (exact) mass is 787 g/mol. The third-order valence-electron chi connectivity index (χ3n) is 14.5. The lowest BCUT2D eigenvalue weighted by molar-refractivity contribution is 0.753. The highest BCUT2D eigenvalue weighted by Crippen LogP contribution is 2.63. The van der Waals surface area contributed by atoms with Crippen molar-refractivity contribution in [2.45, 2.75) is 5.41 Å². The summed E-state index contributed by atoms with van der Waals surface area (Å²) in [5, 5.41) is 8.51. The third kappa shape index (κ3) is 4.02. The van der Waals surface area contributed by atoms with E-state index in [9.17, 15) is 0 Å². The van der Waals surface area contributed by atoms with Crippen molar-refractivity contribution in [3.63, 3.8) is 0 Å². The maximum atomic E-state index is 2.58. The molecule has 0 saturated carbocycles. The quantitative estimate of drug-likeness (QED) is 0.158. The zero-order chi connectivity index (χ0) is 39.9. The van der Waals surface area contributed by atoms with Gasteiger partial charge >= 0.3 is 0 Å². The zero-order valence-corrected chi connectivity index (χ0v) is 34.3. The molecule has 3 heterocycles. The van der Waals surface area contributed by atoms with E-state index in [-0.39, 0.29) is 0 Å². The van der Waals surface area contributed by atoms with Gasteiger partial charge in [0.25, 0.3) is 0 Å². The molecular formula is C59H37NSi. The fourth-order valence-electron chi connectivity index (χ4n) is 12.3. The molecule has 2 heteroatoms. The van der Waals surface area contributed by atoms with Gasteiger partial charge in [0.15, 0.2) is 8.07 Å². The Balaban J connectivity index is 0.994. The van der Waals surface area contributed by atoms with Gasteiger partial charge in [-0.25, -0.2) is 0 Å². The zero-order valence-electron chi connectivity index (χ0n) is 33.3. The van der Waals surface area contributed by atoms with Gasteiger partial charge in [-0.05, 0) is 111 Å². The first kappa shape index (κ1) is 33.3. The summed E-state index contributed by atoms with van der Waals surface area (Å²) in [6, 6.07) is 85.3. The van der Waals surface area contributed by atoms with Crippen LogP contribution in [-0.2, 0) is 5.41 Å². The highest BCUT2D eigenvalue weighted by Gasteiger charge is 2.54. The Labute approximate surface area is 356 Å². The number of fused-ring (bicyclic) bond motifs is 20. The van der Waals surface area contributed by atoms with Crippen LogP contribution in [0.4, 0.5) is 17.1 Å². The molecule has 0 atom stereocenters. The van der Waals surface area contributed by atoms with Crippen LogP contribution in [0.5, 0.6) is 0 Å². The molecule has 4 aliphatic rings. The van der Waals surface area contributed by atoms with Crippen LogP contribution < -0.4 is 25.6 Å². The van der Waals surface area contributed by atoms with Gasteiger partial charge in [0.2, 0.25) is 0 Å². The summed E-state index contributed by atoms with van der Waals surface area (Å²) in [7, 11) is -2.58. The highest BCUT2D eigenvalue weighted by molar-refractivity contribution is 7.24. The van der Waals surface area contributed by atoms with Crippen molar-refractivity contribution >= 4 is 56.7 Å². The lowest BCUT2D eigenvalue weighted by Crippen LogP contribution is -2.70. The highest BCUT2D eigenvalue weighted by atomic mass is 28.3. The van der Waals surface area contributed by atoms with E-state index in [2.05, 4.69) is 229 Å². The fraction of sp³-hybridized carbons (Fsp3) is 0.0169. The van der Waals surface area contributed by atoms with E-state index in [1.54, 1.807) is 0 Å². The standard InChI is InChI=1S/C59H37NSi/c1-2-20-43-40(17-1)39(38-33-34-47-46-23-7-16-32-57(46)61(58(47)37-38)55-30-14-5-21-44(55)45-22-6-15-31-56(45)61)35-36-52(43)60-53-28-12-10-26-50(53)59(51-27-11-13-29-54(51)60)48-24-8-3-18-41(48)42-19-4-9-25-49(42)59/h1-37H. The van der Waals surface area contributed by atoms with E-state index in [0.717, 1.165) is 0 Å². The maximum absolute atomic E-state index is 2.58. The molecule has 1 nitrogen and oxygen atoms in total. The third-order valence-corrected chi connectivity index (χ3v) is 19.5. The molecule has 0 amide bonds. The van der Waals surface area contributed by atoms with Crippen molar-refractivity contribution in [2.75, 3.05) is 4.90 Å². The van der Waals surface area contributed by atoms with Crippen molar-refractivity contribution in [2.24, 2.45) is 0 Å². The Morgan fingerprint density at radius 3 is 1.25 bits per heavy atom. The summed E-state index contributed by atoms with van der Waals surface area (Å²) in [5.74, 6) is 0. The molecule has 10 aromatic carbocycles. The van der Waals surface area contributed by atoms with E-state index in [0.29, 0.717) is 0 Å². The first-order chi connectivity index (χ1) is 30.3. The van der Waals surface area contributed by atoms with Gasteiger partial charge in [-0.3, -0.25) is 0 Å². The number of rotatable bonds is 2. The molecule has 0 unspecified atom stereocenters. The van der Waals surface area contributed by atoms with Gasteiger partial charge in [0.05, 0.1) is 22.5 Å². The van der Waals surface area contributed by atoms with Crippen molar-refractivity contribution in [1.29, 1.82) is 0 Å². The summed E-state index contributed by atoms with van der Waals surface area (Å²) in [6.45, 7) is 0. The maximum Gasteiger partial charge on any atom is 0.182 e. The normalized spacial score (nSPS) is 14.8. The summed E-state index contributed by atoms with van der Waals surface area (Å²) >= 11 is 0. The van der Waals surface area contributed by atoms with Crippen LogP contribution >= 0.6 is 0 Å². The Kier molecular flexibility index (Phi) is 6.58. The molecule has 2 spiro atoms. The predicted molar refractivity (Wildman–Crippen MR) is 257 cm³/mol. The molecule has 10 aromatic rings. The summed E-state index contributed by atoms with van der Waals surface area (Å²) in [5.41, 5.74) is 19.2. The van der Waals surface area contributed by atoms with Crippen molar-refractivity contribution in [3.8, 4) is 44.5 Å². The minimum atomic E-state index is -2.58. The van der Waals surface area contributed by atoms with Crippen molar-refractivity contribution < 1.29 is 0 Å². The molecule has 0 fully saturated rings. The predicted octanol–water partition coefficient (Wildman–Crippen LogP) is 12.0. The molecule has 14 rings (SSSR count). The Hall–Kier alpha value is -7.52.